The molecule has 2 aromatic heterocycles. The molecule has 0 radical (unpaired) electrons. The van der Waals surface area contributed by atoms with Crippen molar-refractivity contribution in [2.24, 2.45) is 0 Å². The second-order valence-electron chi connectivity index (χ2n) is 5.44. The van der Waals surface area contributed by atoms with Crippen LogP contribution in [0, 0.1) is 0 Å². The molecule has 1 aromatic carbocycles. The zero-order valence-electron chi connectivity index (χ0n) is 12.3. The lowest BCUT2D eigenvalue weighted by Gasteiger charge is -2.05. The van der Waals surface area contributed by atoms with E-state index < -0.39 is 0 Å². The van der Waals surface area contributed by atoms with Gasteiger partial charge in [-0.25, -0.2) is 4.68 Å². The quantitative estimate of drug-likeness (QED) is 0.733. The summed E-state index contributed by atoms with van der Waals surface area (Å²) in [6.45, 7) is 5.07. The number of benzene rings is 1. The third-order valence-electron chi connectivity index (χ3n) is 3.48. The number of rotatable bonds is 4. The molecule has 0 aliphatic heterocycles. The molecule has 0 N–H and O–H groups in total. The summed E-state index contributed by atoms with van der Waals surface area (Å²) in [5.74, 6) is 0.542. The Morgan fingerprint density at radius 3 is 2.57 bits per heavy atom. The molecule has 0 saturated heterocycles. The Bertz CT molecular complexity index is 699. The maximum absolute atomic E-state index is 4.25. The van der Waals surface area contributed by atoms with Crippen LogP contribution in [0.5, 0.6) is 0 Å². The minimum Gasteiger partial charge on any atom is -0.264 e. The summed E-state index contributed by atoms with van der Waals surface area (Å²) in [5.41, 5.74) is 4.44. The van der Waals surface area contributed by atoms with Crippen LogP contribution in [0.1, 0.15) is 30.9 Å². The fourth-order valence-electron chi connectivity index (χ4n) is 2.23. The first-order valence-corrected chi connectivity index (χ1v) is 7.12. The van der Waals surface area contributed by atoms with Gasteiger partial charge in [-0.1, -0.05) is 49.4 Å². The average molecular weight is 278 g/mol. The Balaban J connectivity index is 1.78. The molecule has 0 fully saturated rings. The van der Waals surface area contributed by atoms with Crippen molar-refractivity contribution >= 4 is 0 Å². The molecule has 4 nitrogen and oxygen atoms in total. The molecular weight excluding hydrogens is 260 g/mol. The molecule has 0 unspecified atom stereocenters. The van der Waals surface area contributed by atoms with Crippen molar-refractivity contribution < 1.29 is 0 Å². The van der Waals surface area contributed by atoms with Gasteiger partial charge in [0.05, 0.1) is 12.7 Å². The summed E-state index contributed by atoms with van der Waals surface area (Å²) in [4.78, 5) is 4.11. The van der Waals surface area contributed by atoms with E-state index in [0.717, 1.165) is 16.8 Å². The molecule has 2 heterocycles. The van der Waals surface area contributed by atoms with Crippen LogP contribution >= 0.6 is 0 Å². The SMILES string of the molecule is CC(C)c1ccc(-c2cn(Cc3cccnc3)nn2)cc1. The van der Waals surface area contributed by atoms with Gasteiger partial charge in [0.15, 0.2) is 0 Å². The molecule has 0 aliphatic rings. The summed E-state index contributed by atoms with van der Waals surface area (Å²) in [7, 11) is 0. The van der Waals surface area contributed by atoms with Gasteiger partial charge in [-0.15, -0.1) is 5.10 Å². The predicted molar refractivity (Wildman–Crippen MR) is 82.9 cm³/mol. The normalized spacial score (nSPS) is 11.0. The van der Waals surface area contributed by atoms with E-state index in [-0.39, 0.29) is 0 Å². The van der Waals surface area contributed by atoms with E-state index in [1.165, 1.54) is 5.56 Å². The highest BCUT2D eigenvalue weighted by atomic mass is 15.4. The number of nitrogens with zero attached hydrogens (tertiary/aromatic N) is 4. The molecule has 106 valence electrons. The van der Waals surface area contributed by atoms with Gasteiger partial charge in [-0.2, -0.15) is 0 Å². The Morgan fingerprint density at radius 1 is 1.10 bits per heavy atom. The lowest BCUT2D eigenvalue weighted by atomic mass is 10.0. The molecule has 0 bridgehead atoms. The molecule has 21 heavy (non-hydrogen) atoms. The topological polar surface area (TPSA) is 43.6 Å². The molecule has 3 aromatic rings. The van der Waals surface area contributed by atoms with Gasteiger partial charge in [0.2, 0.25) is 0 Å². The van der Waals surface area contributed by atoms with E-state index in [4.69, 9.17) is 0 Å². The van der Waals surface area contributed by atoms with E-state index >= 15 is 0 Å². The van der Waals surface area contributed by atoms with Gasteiger partial charge in [-0.3, -0.25) is 4.98 Å². The van der Waals surface area contributed by atoms with Gasteiger partial charge in [0.25, 0.3) is 0 Å². The second kappa shape index (κ2) is 5.87. The summed E-state index contributed by atoms with van der Waals surface area (Å²) in [6, 6.07) is 12.5. The van der Waals surface area contributed by atoms with Crippen LogP contribution in [0.25, 0.3) is 11.3 Å². The highest BCUT2D eigenvalue weighted by molar-refractivity contribution is 5.58. The molecular formula is C17H18N4. The fourth-order valence-corrected chi connectivity index (χ4v) is 2.23. The second-order valence-corrected chi connectivity index (χ2v) is 5.44. The summed E-state index contributed by atoms with van der Waals surface area (Å²) in [6.07, 6.45) is 5.59. The van der Waals surface area contributed by atoms with Crippen molar-refractivity contribution in [2.75, 3.05) is 0 Å². The molecule has 0 spiro atoms. The maximum Gasteiger partial charge on any atom is 0.113 e. The average Bonchev–Trinajstić information content (AvgIpc) is 2.97. The van der Waals surface area contributed by atoms with Crippen molar-refractivity contribution in [3.8, 4) is 11.3 Å². The van der Waals surface area contributed by atoms with E-state index in [1.54, 1.807) is 6.20 Å². The molecule has 0 amide bonds. The van der Waals surface area contributed by atoms with Crippen molar-refractivity contribution in [1.82, 2.24) is 20.0 Å². The zero-order valence-corrected chi connectivity index (χ0v) is 12.3. The smallest absolute Gasteiger partial charge is 0.113 e. The number of hydrogen-bond donors (Lipinski definition) is 0. The van der Waals surface area contributed by atoms with Crippen molar-refractivity contribution in [1.29, 1.82) is 0 Å². The lowest BCUT2D eigenvalue weighted by Crippen LogP contribution is -2.00. The minimum atomic E-state index is 0.542. The first kappa shape index (κ1) is 13.5. The van der Waals surface area contributed by atoms with Crippen LogP contribution in [-0.2, 0) is 6.54 Å². The van der Waals surface area contributed by atoms with Crippen molar-refractivity contribution in [2.45, 2.75) is 26.3 Å². The predicted octanol–water partition coefficient (Wildman–Crippen LogP) is 3.51. The van der Waals surface area contributed by atoms with E-state index in [9.17, 15) is 0 Å². The van der Waals surface area contributed by atoms with Crippen LogP contribution in [-0.4, -0.2) is 20.0 Å². The van der Waals surface area contributed by atoms with E-state index in [1.807, 2.05) is 29.2 Å². The standard InChI is InChI=1S/C17H18N4/c1-13(2)15-5-7-16(8-6-15)17-12-21(20-19-17)11-14-4-3-9-18-10-14/h3-10,12-13H,11H2,1-2H3. The number of hydrogen-bond acceptors (Lipinski definition) is 3. The summed E-state index contributed by atoms with van der Waals surface area (Å²) in [5, 5.41) is 8.43. The fraction of sp³-hybridized carbons (Fsp3) is 0.235. The molecule has 0 atom stereocenters. The summed E-state index contributed by atoms with van der Waals surface area (Å²) >= 11 is 0. The Hall–Kier alpha value is -2.49. The van der Waals surface area contributed by atoms with Crippen LogP contribution in [0.2, 0.25) is 0 Å². The van der Waals surface area contributed by atoms with Gasteiger partial charge in [0, 0.05) is 18.0 Å². The summed E-state index contributed by atoms with van der Waals surface area (Å²) < 4.78 is 1.84. The highest BCUT2D eigenvalue weighted by Gasteiger charge is 2.05. The largest absolute Gasteiger partial charge is 0.264 e. The van der Waals surface area contributed by atoms with Gasteiger partial charge < -0.3 is 0 Å². The van der Waals surface area contributed by atoms with Crippen LogP contribution in [0.15, 0.2) is 55.0 Å². The molecule has 0 aliphatic carbocycles. The van der Waals surface area contributed by atoms with Crippen LogP contribution in [0.3, 0.4) is 0 Å². The molecule has 3 rings (SSSR count). The third kappa shape index (κ3) is 3.16. The van der Waals surface area contributed by atoms with Crippen molar-refractivity contribution in [3.05, 3.63) is 66.1 Å². The number of pyridine rings is 1. The van der Waals surface area contributed by atoms with Gasteiger partial charge in [0.1, 0.15) is 5.69 Å². The monoisotopic (exact) mass is 278 g/mol. The molecule has 0 saturated carbocycles. The maximum atomic E-state index is 4.25. The lowest BCUT2D eigenvalue weighted by molar-refractivity contribution is 0.648. The molecule has 4 heteroatoms. The minimum absolute atomic E-state index is 0.542. The van der Waals surface area contributed by atoms with Crippen LogP contribution in [0.4, 0.5) is 0 Å². The first-order chi connectivity index (χ1) is 10.2. The third-order valence-corrected chi connectivity index (χ3v) is 3.48. The van der Waals surface area contributed by atoms with Gasteiger partial charge in [-0.05, 0) is 23.1 Å². The zero-order chi connectivity index (χ0) is 14.7. The number of aromatic nitrogens is 4. The van der Waals surface area contributed by atoms with Gasteiger partial charge >= 0.3 is 0 Å². The Morgan fingerprint density at radius 2 is 1.90 bits per heavy atom. The van der Waals surface area contributed by atoms with Crippen LogP contribution < -0.4 is 0 Å². The Labute approximate surface area is 124 Å². The van der Waals surface area contributed by atoms with E-state index in [2.05, 4.69) is 53.4 Å². The van der Waals surface area contributed by atoms with Crippen molar-refractivity contribution in [3.63, 3.8) is 0 Å². The Kier molecular flexibility index (Phi) is 3.77. The van der Waals surface area contributed by atoms with E-state index in [0.29, 0.717) is 12.5 Å². The first-order valence-electron chi connectivity index (χ1n) is 7.12. The highest BCUT2D eigenvalue weighted by Crippen LogP contribution is 2.20.